The third-order valence-corrected chi connectivity index (χ3v) is 6.60. The van der Waals surface area contributed by atoms with E-state index in [0.717, 1.165) is 16.6 Å². The van der Waals surface area contributed by atoms with E-state index in [1.807, 2.05) is 17.0 Å². The zero-order chi connectivity index (χ0) is 25.8. The summed E-state index contributed by atoms with van der Waals surface area (Å²) in [6, 6.07) is 12.0. The lowest BCUT2D eigenvalue weighted by atomic mass is 10.2. The number of cyclic esters (lactones) is 1. The van der Waals surface area contributed by atoms with Crippen molar-refractivity contribution in [3.05, 3.63) is 59.5 Å². The molecule has 1 atom stereocenters. The Morgan fingerprint density at radius 3 is 2.81 bits per heavy atom. The largest absolute Gasteiger partial charge is 0.442 e. The third-order valence-electron chi connectivity index (χ3n) is 6.37. The number of ether oxygens (including phenoxy) is 2. The van der Waals surface area contributed by atoms with Crippen LogP contribution in [0.4, 0.5) is 26.2 Å². The van der Waals surface area contributed by atoms with Crippen LogP contribution in [0.3, 0.4) is 0 Å². The van der Waals surface area contributed by atoms with Gasteiger partial charge in [-0.3, -0.25) is 14.7 Å². The number of carbonyl (C=O) groups is 2. The number of carbonyl (C=O) groups excluding carboxylic acids is 2. The van der Waals surface area contributed by atoms with Crippen LogP contribution in [0, 0.1) is 5.82 Å². The molecule has 2 aliphatic heterocycles. The van der Waals surface area contributed by atoms with Gasteiger partial charge in [0.1, 0.15) is 11.9 Å². The average Bonchev–Trinajstić information content (AvgIpc) is 3.28. The normalized spacial score (nSPS) is 17.7. The molecular weight excluding hydrogens is 501 g/mol. The number of hydrogen-bond acceptors (Lipinski definition) is 7. The summed E-state index contributed by atoms with van der Waals surface area (Å²) >= 11 is 6.03. The Hall–Kier alpha value is -3.63. The molecule has 9 nitrogen and oxygen atoms in total. The first-order chi connectivity index (χ1) is 18.0. The SMILES string of the molecule is O=C(CCNc1ccnc2cc(Cl)ccc12)NCC1CN(c2ccc(N3CCOCC3)c(F)c2)C(=O)O1. The summed E-state index contributed by atoms with van der Waals surface area (Å²) in [5.74, 6) is -0.578. The number of rotatable bonds is 8. The zero-order valence-electron chi connectivity index (χ0n) is 20.1. The van der Waals surface area contributed by atoms with E-state index in [1.54, 1.807) is 30.5 Å². The summed E-state index contributed by atoms with van der Waals surface area (Å²) in [4.78, 5) is 32.4. The van der Waals surface area contributed by atoms with Gasteiger partial charge in [-0.25, -0.2) is 9.18 Å². The zero-order valence-corrected chi connectivity index (χ0v) is 20.8. The van der Waals surface area contributed by atoms with Crippen LogP contribution in [0.2, 0.25) is 5.02 Å². The molecule has 0 saturated carbocycles. The first-order valence-electron chi connectivity index (χ1n) is 12.1. The van der Waals surface area contributed by atoms with E-state index in [2.05, 4.69) is 15.6 Å². The number of benzene rings is 2. The lowest BCUT2D eigenvalue weighted by Crippen LogP contribution is -2.37. The Labute approximate surface area is 218 Å². The second kappa shape index (κ2) is 11.2. The number of anilines is 3. The van der Waals surface area contributed by atoms with Crippen molar-refractivity contribution in [1.82, 2.24) is 10.3 Å². The first kappa shape index (κ1) is 25.0. The van der Waals surface area contributed by atoms with Gasteiger partial charge in [0.2, 0.25) is 5.91 Å². The molecule has 37 heavy (non-hydrogen) atoms. The molecule has 2 amide bonds. The number of fused-ring (bicyclic) bond motifs is 1. The topological polar surface area (TPSA) is 96.0 Å². The van der Waals surface area contributed by atoms with Gasteiger partial charge in [-0.2, -0.15) is 0 Å². The molecule has 3 heterocycles. The summed E-state index contributed by atoms with van der Waals surface area (Å²) < 4.78 is 25.5. The van der Waals surface area contributed by atoms with E-state index in [1.165, 1.54) is 11.0 Å². The van der Waals surface area contributed by atoms with Crippen LogP contribution in [-0.4, -0.2) is 69.0 Å². The molecule has 2 N–H and O–H groups in total. The molecule has 194 valence electrons. The fraction of sp³-hybridized carbons (Fsp3) is 0.346. The van der Waals surface area contributed by atoms with Gasteiger partial charge in [0.05, 0.1) is 43.2 Å². The Bertz CT molecular complexity index is 1300. The average molecular weight is 528 g/mol. The van der Waals surface area contributed by atoms with Gasteiger partial charge < -0.3 is 25.0 Å². The minimum atomic E-state index is -0.566. The summed E-state index contributed by atoms with van der Waals surface area (Å²) in [6.07, 6.45) is 0.823. The number of pyridine rings is 1. The van der Waals surface area contributed by atoms with Crippen LogP contribution in [0.25, 0.3) is 10.9 Å². The molecule has 3 aromatic rings. The Morgan fingerprint density at radius 2 is 2.00 bits per heavy atom. The third kappa shape index (κ3) is 5.86. The molecule has 0 bridgehead atoms. The summed E-state index contributed by atoms with van der Waals surface area (Å²) in [7, 11) is 0. The maximum Gasteiger partial charge on any atom is 0.414 e. The van der Waals surface area contributed by atoms with Crippen LogP contribution >= 0.6 is 11.6 Å². The molecule has 0 spiro atoms. The van der Waals surface area contributed by atoms with E-state index in [9.17, 15) is 14.0 Å². The number of hydrogen-bond donors (Lipinski definition) is 2. The standard InChI is InChI=1S/C26H27ClFN5O4/c27-17-1-3-20-22(5-7-30-23(20)13-17)29-8-6-25(34)31-15-19-16-33(26(35)37-19)18-2-4-24(21(28)14-18)32-9-11-36-12-10-32/h1-5,7,13-14,19H,6,8-12,15-16H2,(H,29,30)(H,31,34). The van der Waals surface area contributed by atoms with Crippen molar-refractivity contribution in [2.24, 2.45) is 0 Å². The van der Waals surface area contributed by atoms with Crippen molar-refractivity contribution in [2.75, 3.05) is 61.1 Å². The van der Waals surface area contributed by atoms with Gasteiger partial charge in [-0.05, 0) is 42.5 Å². The highest BCUT2D eigenvalue weighted by atomic mass is 35.5. The monoisotopic (exact) mass is 527 g/mol. The Balaban J connectivity index is 1.10. The van der Waals surface area contributed by atoms with Crippen LogP contribution in [0.5, 0.6) is 0 Å². The smallest absolute Gasteiger partial charge is 0.414 e. The van der Waals surface area contributed by atoms with Gasteiger partial charge >= 0.3 is 6.09 Å². The maximum absolute atomic E-state index is 14.8. The van der Waals surface area contributed by atoms with Crippen molar-refractivity contribution in [3.8, 4) is 0 Å². The molecule has 0 radical (unpaired) electrons. The second-order valence-electron chi connectivity index (χ2n) is 8.85. The van der Waals surface area contributed by atoms with Gasteiger partial charge in [-0.15, -0.1) is 0 Å². The lowest BCUT2D eigenvalue weighted by molar-refractivity contribution is -0.121. The Kier molecular flexibility index (Phi) is 7.57. The molecule has 2 fully saturated rings. The number of aromatic nitrogens is 1. The molecule has 0 aliphatic carbocycles. The fourth-order valence-electron chi connectivity index (χ4n) is 4.47. The molecule has 2 aliphatic rings. The molecule has 11 heteroatoms. The van der Waals surface area contributed by atoms with Crippen LogP contribution in [0.15, 0.2) is 48.7 Å². The van der Waals surface area contributed by atoms with E-state index >= 15 is 0 Å². The maximum atomic E-state index is 14.8. The number of morpholine rings is 1. The predicted molar refractivity (Wildman–Crippen MR) is 140 cm³/mol. The van der Waals surface area contributed by atoms with Crippen molar-refractivity contribution >= 4 is 51.6 Å². The van der Waals surface area contributed by atoms with Crippen molar-refractivity contribution in [2.45, 2.75) is 12.5 Å². The van der Waals surface area contributed by atoms with Crippen LogP contribution in [-0.2, 0) is 14.3 Å². The summed E-state index contributed by atoms with van der Waals surface area (Å²) in [6.45, 7) is 3.16. The second-order valence-corrected chi connectivity index (χ2v) is 9.29. The van der Waals surface area contributed by atoms with Gasteiger partial charge in [0, 0.05) is 48.3 Å². The van der Waals surface area contributed by atoms with Crippen molar-refractivity contribution in [3.63, 3.8) is 0 Å². The first-order valence-corrected chi connectivity index (χ1v) is 12.5. The van der Waals surface area contributed by atoms with Crippen molar-refractivity contribution in [1.29, 1.82) is 0 Å². The van der Waals surface area contributed by atoms with E-state index in [0.29, 0.717) is 49.2 Å². The van der Waals surface area contributed by atoms with Gasteiger partial charge in [0.15, 0.2) is 0 Å². The summed E-state index contributed by atoms with van der Waals surface area (Å²) in [5, 5.41) is 7.58. The van der Waals surface area contributed by atoms with Crippen molar-refractivity contribution < 1.29 is 23.5 Å². The Morgan fingerprint density at radius 1 is 1.16 bits per heavy atom. The number of halogens is 2. The minimum absolute atomic E-state index is 0.173. The summed E-state index contributed by atoms with van der Waals surface area (Å²) in [5.41, 5.74) is 2.54. The molecule has 5 rings (SSSR count). The predicted octanol–water partition coefficient (Wildman–Crippen LogP) is 3.81. The van der Waals surface area contributed by atoms with E-state index < -0.39 is 18.0 Å². The number of nitrogens with one attached hydrogen (secondary N) is 2. The highest BCUT2D eigenvalue weighted by molar-refractivity contribution is 6.31. The highest BCUT2D eigenvalue weighted by Crippen LogP contribution is 2.28. The highest BCUT2D eigenvalue weighted by Gasteiger charge is 2.33. The minimum Gasteiger partial charge on any atom is -0.442 e. The van der Waals surface area contributed by atoms with E-state index in [-0.39, 0.29) is 25.4 Å². The lowest BCUT2D eigenvalue weighted by Gasteiger charge is -2.29. The molecule has 2 aromatic carbocycles. The molecular formula is C26H27ClFN5O4. The van der Waals surface area contributed by atoms with Crippen LogP contribution in [0.1, 0.15) is 6.42 Å². The molecule has 1 aromatic heterocycles. The number of amides is 2. The number of nitrogens with zero attached hydrogens (tertiary/aromatic N) is 3. The van der Waals surface area contributed by atoms with Gasteiger partial charge in [-0.1, -0.05) is 11.6 Å². The van der Waals surface area contributed by atoms with Crippen LogP contribution < -0.4 is 20.4 Å². The van der Waals surface area contributed by atoms with E-state index in [4.69, 9.17) is 21.1 Å². The fourth-order valence-corrected chi connectivity index (χ4v) is 4.63. The molecule has 2 saturated heterocycles. The molecule has 1 unspecified atom stereocenters. The van der Waals surface area contributed by atoms with Gasteiger partial charge in [0.25, 0.3) is 0 Å². The quantitative estimate of drug-likeness (QED) is 0.460.